The van der Waals surface area contributed by atoms with E-state index in [9.17, 15) is 12.8 Å². The van der Waals surface area contributed by atoms with Gasteiger partial charge in [-0.2, -0.15) is 0 Å². The molecule has 1 saturated heterocycles. The van der Waals surface area contributed by atoms with Crippen LogP contribution in [0, 0.1) is 26.6 Å². The van der Waals surface area contributed by atoms with Crippen LogP contribution < -0.4 is 14.9 Å². The molecule has 0 aliphatic carbocycles. The Hall–Kier alpha value is -3.76. The molecule has 0 amide bonds. The lowest BCUT2D eigenvalue weighted by molar-refractivity contribution is 0.565. The number of nitrogens with one attached hydrogen (secondary N) is 2. The Morgan fingerprint density at radius 3 is 2.34 bits per heavy atom. The average molecular weight is 550 g/mol. The maximum atomic E-state index is 13.6. The molecule has 2 atom stereocenters. The van der Waals surface area contributed by atoms with Crippen LogP contribution in [0.2, 0.25) is 0 Å². The number of sulfonamides is 1. The van der Waals surface area contributed by atoms with E-state index in [-0.39, 0.29) is 17.9 Å². The summed E-state index contributed by atoms with van der Waals surface area (Å²) in [7, 11) is -3.41. The minimum absolute atomic E-state index is 0.236. The van der Waals surface area contributed by atoms with Crippen molar-refractivity contribution in [3.05, 3.63) is 107 Å². The maximum absolute atomic E-state index is 13.6. The summed E-state index contributed by atoms with van der Waals surface area (Å²) in [5.41, 5.74) is 6.89. The molecule has 2 N–H and O–H groups in total. The molecule has 0 spiro atoms. The van der Waals surface area contributed by atoms with E-state index in [1.165, 1.54) is 12.1 Å². The number of rotatable bonds is 6. The van der Waals surface area contributed by atoms with Gasteiger partial charge in [0.25, 0.3) is 0 Å². The van der Waals surface area contributed by atoms with Crippen LogP contribution >= 0.6 is 12.2 Å². The van der Waals surface area contributed by atoms with Gasteiger partial charge < -0.3 is 14.8 Å². The van der Waals surface area contributed by atoms with Gasteiger partial charge in [0, 0.05) is 29.0 Å². The van der Waals surface area contributed by atoms with E-state index in [1.807, 2.05) is 51.1 Å². The summed E-state index contributed by atoms with van der Waals surface area (Å²) in [5.74, 6) is -0.285. The van der Waals surface area contributed by atoms with Gasteiger partial charge in [-0.25, -0.2) is 12.8 Å². The lowest BCUT2D eigenvalue weighted by Crippen LogP contribution is -2.29. The van der Waals surface area contributed by atoms with Gasteiger partial charge in [0.2, 0.25) is 10.0 Å². The molecule has 2 aromatic heterocycles. The third kappa shape index (κ3) is 4.89. The molecule has 4 aromatic rings. The number of hydrogen-bond donors (Lipinski definition) is 2. The van der Waals surface area contributed by atoms with Crippen molar-refractivity contribution >= 4 is 38.7 Å². The van der Waals surface area contributed by atoms with E-state index in [2.05, 4.69) is 30.6 Å². The van der Waals surface area contributed by atoms with Gasteiger partial charge in [-0.05, 0) is 105 Å². The lowest BCUT2D eigenvalue weighted by Gasteiger charge is -2.29. The van der Waals surface area contributed by atoms with Crippen LogP contribution in [0.3, 0.4) is 0 Å². The van der Waals surface area contributed by atoms with Crippen molar-refractivity contribution in [3.63, 3.8) is 0 Å². The van der Waals surface area contributed by atoms with Crippen LogP contribution in [-0.2, 0) is 10.0 Å². The quantitative estimate of drug-likeness (QED) is 0.310. The number of aromatic nitrogens is 2. The zero-order valence-electron chi connectivity index (χ0n) is 21.4. The predicted octanol–water partition coefficient (Wildman–Crippen LogP) is 5.49. The first-order valence-corrected chi connectivity index (χ1v) is 14.4. The zero-order chi connectivity index (χ0) is 27.2. The van der Waals surface area contributed by atoms with Crippen LogP contribution in [0.4, 0.5) is 15.8 Å². The third-order valence-electron chi connectivity index (χ3n) is 6.76. The molecular weight excluding hydrogens is 521 g/mol. The normalized spacial score (nSPS) is 17.5. The second-order valence-corrected chi connectivity index (χ2v) is 11.6. The fourth-order valence-corrected chi connectivity index (χ4v) is 6.11. The first kappa shape index (κ1) is 25.9. The van der Waals surface area contributed by atoms with Gasteiger partial charge in [-0.15, -0.1) is 0 Å². The Morgan fingerprint density at radius 1 is 1.00 bits per heavy atom. The summed E-state index contributed by atoms with van der Waals surface area (Å²) in [4.78, 5) is 6.68. The van der Waals surface area contributed by atoms with Crippen molar-refractivity contribution in [1.29, 1.82) is 0 Å². The molecule has 0 bridgehead atoms. The highest BCUT2D eigenvalue weighted by Gasteiger charge is 2.42. The number of thiocarbonyl (C=S) groups is 1. The number of aryl methyl sites for hydroxylation is 2. The van der Waals surface area contributed by atoms with Crippen molar-refractivity contribution in [2.45, 2.75) is 32.9 Å². The van der Waals surface area contributed by atoms with E-state index >= 15 is 0 Å². The number of pyridine rings is 1. The first-order valence-electron chi connectivity index (χ1n) is 12.1. The number of anilines is 2. The van der Waals surface area contributed by atoms with E-state index < -0.39 is 10.0 Å². The fourth-order valence-electron chi connectivity index (χ4n) is 5.14. The van der Waals surface area contributed by atoms with E-state index in [1.54, 1.807) is 24.4 Å². The van der Waals surface area contributed by atoms with Crippen molar-refractivity contribution in [2.75, 3.05) is 15.9 Å². The largest absolute Gasteiger partial charge is 0.351 e. The summed E-state index contributed by atoms with van der Waals surface area (Å²) >= 11 is 5.86. The third-order valence-corrected chi connectivity index (χ3v) is 7.66. The molecule has 10 heteroatoms. The fraction of sp³-hybridized carbons (Fsp3) is 0.214. The Morgan fingerprint density at radius 2 is 1.71 bits per heavy atom. The first-order chi connectivity index (χ1) is 18.0. The molecule has 196 valence electrons. The molecule has 7 nitrogen and oxygen atoms in total. The second-order valence-electron chi connectivity index (χ2n) is 9.51. The standard InChI is InChI=1S/C28H28FN5O2S2/c1-17-15-22(12-13-24(17)32-38(4,35)36)34-27(26(31-28(34)37)25-7-5-6-14-30-25)23-16-18(2)33(19(23)3)21-10-8-20(29)9-11-21/h5-16,26-27,32H,1-4H3,(H,31,37)/t26-,27+/m1/s1. The predicted molar refractivity (Wildman–Crippen MR) is 153 cm³/mol. The second kappa shape index (κ2) is 9.85. The Labute approximate surface area is 227 Å². The molecule has 0 saturated carbocycles. The molecular formula is C28H28FN5O2S2. The van der Waals surface area contributed by atoms with E-state index in [4.69, 9.17) is 12.2 Å². The smallest absolute Gasteiger partial charge is 0.229 e. The summed E-state index contributed by atoms with van der Waals surface area (Å²) in [5, 5.41) is 4.01. The average Bonchev–Trinajstić information content (AvgIpc) is 3.36. The Bertz CT molecular complexity index is 1620. The number of benzene rings is 2. The molecule has 38 heavy (non-hydrogen) atoms. The summed E-state index contributed by atoms with van der Waals surface area (Å²) in [6.45, 7) is 5.93. The molecule has 1 aliphatic rings. The van der Waals surface area contributed by atoms with Gasteiger partial charge >= 0.3 is 0 Å². The Kier molecular flexibility index (Phi) is 6.70. The molecule has 1 aliphatic heterocycles. The van der Waals surface area contributed by atoms with Crippen LogP contribution in [0.5, 0.6) is 0 Å². The highest BCUT2D eigenvalue weighted by molar-refractivity contribution is 7.92. The van der Waals surface area contributed by atoms with E-state index in [0.29, 0.717) is 10.8 Å². The molecule has 3 heterocycles. The van der Waals surface area contributed by atoms with Crippen LogP contribution in [-0.4, -0.2) is 29.3 Å². The highest BCUT2D eigenvalue weighted by Crippen LogP contribution is 2.44. The summed E-state index contributed by atoms with van der Waals surface area (Å²) in [6, 6.07) is 19.4. The topological polar surface area (TPSA) is 79.3 Å². The van der Waals surface area contributed by atoms with Gasteiger partial charge in [0.05, 0.1) is 29.7 Å². The SMILES string of the molecule is Cc1cc(N2C(=S)N[C@H](c3ccccn3)[C@@H]2c2cc(C)n(-c3ccc(F)cc3)c2C)ccc1NS(C)(=O)=O. The molecule has 2 aromatic carbocycles. The minimum atomic E-state index is -3.41. The number of nitrogens with zero attached hydrogens (tertiary/aromatic N) is 3. The molecule has 0 unspecified atom stereocenters. The van der Waals surface area contributed by atoms with Crippen LogP contribution in [0.25, 0.3) is 5.69 Å². The zero-order valence-corrected chi connectivity index (χ0v) is 23.1. The maximum Gasteiger partial charge on any atom is 0.229 e. The molecule has 0 radical (unpaired) electrons. The van der Waals surface area contributed by atoms with E-state index in [0.717, 1.165) is 45.8 Å². The van der Waals surface area contributed by atoms with Crippen molar-refractivity contribution in [1.82, 2.24) is 14.9 Å². The monoisotopic (exact) mass is 549 g/mol. The molecule has 1 fully saturated rings. The van der Waals surface area contributed by atoms with Crippen molar-refractivity contribution in [3.8, 4) is 5.69 Å². The summed E-state index contributed by atoms with van der Waals surface area (Å²) < 4.78 is 41.9. The highest BCUT2D eigenvalue weighted by atomic mass is 32.2. The van der Waals surface area contributed by atoms with Gasteiger partial charge in [-0.3, -0.25) is 9.71 Å². The van der Waals surface area contributed by atoms with Gasteiger partial charge in [-0.1, -0.05) is 6.07 Å². The summed E-state index contributed by atoms with van der Waals surface area (Å²) in [6.07, 6.45) is 2.89. The van der Waals surface area contributed by atoms with Crippen LogP contribution in [0.1, 0.15) is 40.3 Å². The lowest BCUT2D eigenvalue weighted by atomic mass is 9.96. The Balaban J connectivity index is 1.65. The minimum Gasteiger partial charge on any atom is -0.351 e. The van der Waals surface area contributed by atoms with Gasteiger partial charge in [0.15, 0.2) is 5.11 Å². The van der Waals surface area contributed by atoms with Crippen LogP contribution in [0.15, 0.2) is 72.9 Å². The van der Waals surface area contributed by atoms with Crippen molar-refractivity contribution < 1.29 is 12.8 Å². The van der Waals surface area contributed by atoms with Gasteiger partial charge in [0.1, 0.15) is 5.82 Å². The van der Waals surface area contributed by atoms with Crippen molar-refractivity contribution in [2.24, 2.45) is 0 Å². The molecule has 5 rings (SSSR count). The number of hydrogen-bond acceptors (Lipinski definition) is 4. The number of halogens is 1.